The molecule has 108 valence electrons. The Bertz CT molecular complexity index is 700. The summed E-state index contributed by atoms with van der Waals surface area (Å²) in [6.45, 7) is 0. The number of hydrogen-bond donors (Lipinski definition) is 2. The number of esters is 1. The molecule has 0 aliphatic carbocycles. The van der Waals surface area contributed by atoms with Crippen LogP contribution in [0.5, 0.6) is 17.4 Å². The van der Waals surface area contributed by atoms with Gasteiger partial charge in [-0.3, -0.25) is 4.79 Å². The lowest BCUT2D eigenvalue weighted by Gasteiger charge is -2.08. The van der Waals surface area contributed by atoms with Crippen LogP contribution in [0.4, 0.5) is 0 Å². The number of phenolic OH excluding ortho intramolecular Hbond substituents is 1. The second-order valence-electron chi connectivity index (χ2n) is 3.99. The first kappa shape index (κ1) is 14.3. The number of pyridine rings is 1. The number of hydrogen-bond acceptors (Lipinski definition) is 6. The molecule has 1 amide bonds. The van der Waals surface area contributed by atoms with E-state index in [4.69, 9.17) is 15.2 Å². The fourth-order valence-electron chi connectivity index (χ4n) is 1.61. The van der Waals surface area contributed by atoms with Crippen molar-refractivity contribution in [1.82, 2.24) is 4.98 Å². The average Bonchev–Trinajstić information content (AvgIpc) is 2.47. The minimum absolute atomic E-state index is 0.0288. The van der Waals surface area contributed by atoms with Crippen LogP contribution in [0.1, 0.15) is 20.7 Å². The van der Waals surface area contributed by atoms with Gasteiger partial charge in [0.05, 0.1) is 7.11 Å². The molecule has 0 spiro atoms. The number of methoxy groups -OCH3 is 1. The number of carbonyl (C=O) groups is 2. The molecule has 0 unspecified atom stereocenters. The van der Waals surface area contributed by atoms with E-state index < -0.39 is 11.9 Å². The van der Waals surface area contributed by atoms with Crippen LogP contribution in [0.3, 0.4) is 0 Å². The molecule has 0 saturated heterocycles. The van der Waals surface area contributed by atoms with Gasteiger partial charge in [0.25, 0.3) is 5.91 Å². The number of benzene rings is 1. The number of carbonyl (C=O) groups excluding carboxylic acids is 2. The van der Waals surface area contributed by atoms with Crippen molar-refractivity contribution in [2.24, 2.45) is 5.73 Å². The molecule has 0 radical (unpaired) electrons. The van der Waals surface area contributed by atoms with Crippen molar-refractivity contribution in [1.29, 1.82) is 0 Å². The molecule has 1 heterocycles. The van der Waals surface area contributed by atoms with Gasteiger partial charge in [-0.1, -0.05) is 0 Å². The molecular formula is C14H12N2O5. The maximum absolute atomic E-state index is 12.0. The molecule has 0 aliphatic rings. The lowest BCUT2D eigenvalue weighted by Crippen LogP contribution is -2.17. The number of amides is 1. The summed E-state index contributed by atoms with van der Waals surface area (Å²) < 4.78 is 9.91. The number of primary amides is 1. The van der Waals surface area contributed by atoms with E-state index in [1.807, 2.05) is 0 Å². The van der Waals surface area contributed by atoms with Gasteiger partial charge in [-0.25, -0.2) is 9.78 Å². The van der Waals surface area contributed by atoms with E-state index in [0.717, 1.165) is 0 Å². The molecule has 1 aromatic heterocycles. The van der Waals surface area contributed by atoms with Crippen molar-refractivity contribution < 1.29 is 24.2 Å². The number of aromatic nitrogens is 1. The van der Waals surface area contributed by atoms with Crippen LogP contribution in [0.25, 0.3) is 0 Å². The smallest absolute Gasteiger partial charge is 0.348 e. The molecule has 1 aromatic carbocycles. The van der Waals surface area contributed by atoms with Crippen LogP contribution in [0.2, 0.25) is 0 Å². The molecule has 0 aliphatic heterocycles. The SMILES string of the molecule is COc1ccc(C(=O)Oc2ncccc2C(N)=O)c(O)c1. The van der Waals surface area contributed by atoms with Crippen LogP contribution in [-0.2, 0) is 0 Å². The topological polar surface area (TPSA) is 112 Å². The van der Waals surface area contributed by atoms with E-state index in [0.29, 0.717) is 5.75 Å². The molecule has 2 rings (SSSR count). The molecule has 0 saturated carbocycles. The minimum Gasteiger partial charge on any atom is -0.507 e. The fraction of sp³-hybridized carbons (Fsp3) is 0.0714. The number of aromatic hydroxyl groups is 1. The first-order valence-electron chi connectivity index (χ1n) is 5.87. The maximum atomic E-state index is 12.0. The zero-order valence-corrected chi connectivity index (χ0v) is 11.1. The molecular weight excluding hydrogens is 276 g/mol. The van der Waals surface area contributed by atoms with E-state index in [1.54, 1.807) is 0 Å². The Morgan fingerprint density at radius 2 is 2.00 bits per heavy atom. The third kappa shape index (κ3) is 3.08. The standard InChI is InChI=1S/C14H12N2O5/c1-20-8-4-5-9(11(17)7-8)14(19)21-13-10(12(15)18)3-2-6-16-13/h2-7,17H,1H3,(H2,15,18). The summed E-state index contributed by atoms with van der Waals surface area (Å²) in [6, 6.07) is 6.96. The number of phenols is 1. The Labute approximate surface area is 119 Å². The van der Waals surface area contributed by atoms with Gasteiger partial charge < -0.3 is 20.3 Å². The largest absolute Gasteiger partial charge is 0.507 e. The molecule has 7 nitrogen and oxygen atoms in total. The summed E-state index contributed by atoms with van der Waals surface area (Å²) >= 11 is 0. The highest BCUT2D eigenvalue weighted by Gasteiger charge is 2.18. The first-order valence-corrected chi connectivity index (χ1v) is 5.87. The number of ether oxygens (including phenoxy) is 2. The lowest BCUT2D eigenvalue weighted by molar-refractivity contribution is 0.0722. The quantitative estimate of drug-likeness (QED) is 0.815. The second kappa shape index (κ2) is 5.91. The Morgan fingerprint density at radius 3 is 2.62 bits per heavy atom. The van der Waals surface area contributed by atoms with Crippen LogP contribution >= 0.6 is 0 Å². The Hall–Kier alpha value is -3.09. The number of nitrogens with two attached hydrogens (primary N) is 1. The van der Waals surface area contributed by atoms with Crippen molar-refractivity contribution in [3.8, 4) is 17.4 Å². The molecule has 2 aromatic rings. The maximum Gasteiger partial charge on any atom is 0.348 e. The van der Waals surface area contributed by atoms with Crippen LogP contribution in [-0.4, -0.2) is 29.1 Å². The van der Waals surface area contributed by atoms with Crippen molar-refractivity contribution in [3.63, 3.8) is 0 Å². The van der Waals surface area contributed by atoms with Crippen molar-refractivity contribution in [2.75, 3.05) is 7.11 Å². The van der Waals surface area contributed by atoms with Gasteiger partial charge in [-0.2, -0.15) is 0 Å². The van der Waals surface area contributed by atoms with Gasteiger partial charge in [-0.05, 0) is 24.3 Å². The normalized spacial score (nSPS) is 9.95. The Morgan fingerprint density at radius 1 is 1.24 bits per heavy atom. The molecule has 0 fully saturated rings. The first-order chi connectivity index (χ1) is 10.0. The highest BCUT2D eigenvalue weighted by Crippen LogP contribution is 2.25. The van der Waals surface area contributed by atoms with E-state index in [2.05, 4.69) is 4.98 Å². The highest BCUT2D eigenvalue weighted by molar-refractivity contribution is 5.98. The van der Waals surface area contributed by atoms with Crippen LogP contribution in [0.15, 0.2) is 36.5 Å². The van der Waals surface area contributed by atoms with Gasteiger partial charge >= 0.3 is 5.97 Å². The third-order valence-corrected chi connectivity index (χ3v) is 2.65. The van der Waals surface area contributed by atoms with Crippen LogP contribution < -0.4 is 15.2 Å². The highest BCUT2D eigenvalue weighted by atomic mass is 16.5. The number of nitrogens with zero attached hydrogens (tertiary/aromatic N) is 1. The van der Waals surface area contributed by atoms with E-state index in [-0.39, 0.29) is 22.8 Å². The van der Waals surface area contributed by atoms with E-state index in [9.17, 15) is 14.7 Å². The van der Waals surface area contributed by atoms with Crippen molar-refractivity contribution >= 4 is 11.9 Å². The number of rotatable bonds is 4. The predicted molar refractivity (Wildman–Crippen MR) is 72.4 cm³/mol. The summed E-state index contributed by atoms with van der Waals surface area (Å²) in [6.07, 6.45) is 1.35. The van der Waals surface area contributed by atoms with E-state index in [1.165, 1.54) is 43.6 Å². The summed E-state index contributed by atoms with van der Waals surface area (Å²) in [7, 11) is 1.43. The average molecular weight is 288 g/mol. The van der Waals surface area contributed by atoms with Crippen molar-refractivity contribution in [2.45, 2.75) is 0 Å². The molecule has 3 N–H and O–H groups in total. The van der Waals surface area contributed by atoms with E-state index >= 15 is 0 Å². The van der Waals surface area contributed by atoms with Gasteiger partial charge in [0.15, 0.2) is 0 Å². The van der Waals surface area contributed by atoms with Gasteiger partial charge in [0, 0.05) is 12.3 Å². The summed E-state index contributed by atoms with van der Waals surface area (Å²) in [5.74, 6) is -1.78. The molecule has 7 heteroatoms. The summed E-state index contributed by atoms with van der Waals surface area (Å²) in [5, 5.41) is 9.76. The van der Waals surface area contributed by atoms with Crippen LogP contribution in [0, 0.1) is 0 Å². The molecule has 21 heavy (non-hydrogen) atoms. The monoisotopic (exact) mass is 288 g/mol. The van der Waals surface area contributed by atoms with Gasteiger partial charge in [-0.15, -0.1) is 0 Å². The third-order valence-electron chi connectivity index (χ3n) is 2.65. The lowest BCUT2D eigenvalue weighted by atomic mass is 10.2. The second-order valence-corrected chi connectivity index (χ2v) is 3.99. The Kier molecular flexibility index (Phi) is 4.03. The fourth-order valence-corrected chi connectivity index (χ4v) is 1.61. The molecule has 0 atom stereocenters. The zero-order chi connectivity index (χ0) is 15.4. The predicted octanol–water partition coefficient (Wildman–Crippen LogP) is 1.11. The zero-order valence-electron chi connectivity index (χ0n) is 11.1. The van der Waals surface area contributed by atoms with Crippen molar-refractivity contribution in [3.05, 3.63) is 47.7 Å². The van der Waals surface area contributed by atoms with Gasteiger partial charge in [0.2, 0.25) is 5.88 Å². The minimum atomic E-state index is -0.864. The summed E-state index contributed by atoms with van der Waals surface area (Å²) in [4.78, 5) is 27.0. The molecule has 0 bridgehead atoms. The summed E-state index contributed by atoms with van der Waals surface area (Å²) in [5.41, 5.74) is 5.05. The Balaban J connectivity index is 2.28. The van der Waals surface area contributed by atoms with Gasteiger partial charge in [0.1, 0.15) is 22.6 Å².